The van der Waals surface area contributed by atoms with Crippen LogP contribution >= 0.6 is 0 Å². The zero-order chi connectivity index (χ0) is 32.3. The first-order valence-electron chi connectivity index (χ1n) is 14.9. The van der Waals surface area contributed by atoms with Crippen LogP contribution in [0.3, 0.4) is 0 Å². The summed E-state index contributed by atoms with van der Waals surface area (Å²) in [5.74, 6) is -0.962. The van der Waals surface area contributed by atoms with Crippen LogP contribution in [0.5, 0.6) is 0 Å². The number of esters is 2. The maximum absolute atomic E-state index is 12.3. The lowest BCUT2D eigenvalue weighted by Gasteiger charge is -2.14. The SMILES string of the molecule is COC(=O)c1cc(C)c2ccc3ccc(-c4cc(C)c(-c5ccc6ccc7c(C)cc(C(=O)OC)nc7c6n5)cc4C)nc3c2n1. The molecule has 0 aliphatic rings. The Morgan fingerprint density at radius 1 is 0.478 bits per heavy atom. The van der Waals surface area contributed by atoms with Crippen molar-refractivity contribution in [3.05, 3.63) is 106 Å². The highest BCUT2D eigenvalue weighted by Crippen LogP contribution is 2.35. The standard InChI is InChI=1S/C38H30N4O4/c1-19-15-28(30-14-10-24-8-12-26-22(4)18-32(38(44)46-6)42-36(26)34(24)40-30)20(2)16-27(19)29-13-9-23-7-11-25-21(3)17-31(37(43)45-5)41-35(25)33(23)39-29/h7-18H,1-6H3. The molecule has 0 spiro atoms. The lowest BCUT2D eigenvalue weighted by atomic mass is 9.95. The smallest absolute Gasteiger partial charge is 0.356 e. The fraction of sp³-hybridized carbons (Fsp3) is 0.158. The molecule has 0 radical (unpaired) electrons. The van der Waals surface area contributed by atoms with Gasteiger partial charge in [-0.05, 0) is 86.3 Å². The summed E-state index contributed by atoms with van der Waals surface area (Å²) in [4.78, 5) is 44.2. The van der Waals surface area contributed by atoms with Crippen molar-refractivity contribution in [1.29, 1.82) is 0 Å². The van der Waals surface area contributed by atoms with E-state index < -0.39 is 11.9 Å². The molecular weight excluding hydrogens is 576 g/mol. The van der Waals surface area contributed by atoms with Gasteiger partial charge in [-0.1, -0.05) is 36.4 Å². The van der Waals surface area contributed by atoms with Gasteiger partial charge in [0.05, 0.1) is 47.7 Å². The van der Waals surface area contributed by atoms with Crippen LogP contribution in [0.25, 0.3) is 66.1 Å². The van der Waals surface area contributed by atoms with E-state index in [2.05, 4.69) is 35.9 Å². The summed E-state index contributed by atoms with van der Waals surface area (Å²) in [5, 5.41) is 3.74. The van der Waals surface area contributed by atoms with Crippen molar-refractivity contribution in [3.63, 3.8) is 0 Å². The number of methoxy groups -OCH3 is 2. The van der Waals surface area contributed by atoms with Crippen molar-refractivity contribution < 1.29 is 19.1 Å². The number of ether oxygens (including phenoxy) is 2. The minimum absolute atomic E-state index is 0.256. The molecule has 7 rings (SSSR count). The van der Waals surface area contributed by atoms with Crippen LogP contribution in [-0.2, 0) is 9.47 Å². The number of aromatic nitrogens is 4. The number of pyridine rings is 4. The molecule has 0 atom stereocenters. The van der Waals surface area contributed by atoms with Gasteiger partial charge in [-0.25, -0.2) is 29.5 Å². The first kappa shape index (κ1) is 29.0. The summed E-state index contributed by atoms with van der Waals surface area (Å²) >= 11 is 0. The Labute approximate surface area is 265 Å². The summed E-state index contributed by atoms with van der Waals surface area (Å²) in [7, 11) is 2.71. The first-order chi connectivity index (χ1) is 22.2. The molecule has 0 fully saturated rings. The van der Waals surface area contributed by atoms with Crippen LogP contribution in [0.4, 0.5) is 0 Å². The van der Waals surface area contributed by atoms with Gasteiger partial charge in [0.25, 0.3) is 0 Å². The Morgan fingerprint density at radius 2 is 0.870 bits per heavy atom. The highest BCUT2D eigenvalue weighted by molar-refractivity contribution is 6.07. The average molecular weight is 607 g/mol. The summed E-state index contributed by atoms with van der Waals surface area (Å²) in [6.07, 6.45) is 0. The van der Waals surface area contributed by atoms with E-state index in [4.69, 9.17) is 19.4 Å². The molecule has 8 heteroatoms. The molecule has 0 saturated heterocycles. The molecular formula is C38H30N4O4. The van der Waals surface area contributed by atoms with Gasteiger partial charge in [0.15, 0.2) is 0 Å². The number of rotatable bonds is 4. The number of fused-ring (bicyclic) bond motifs is 6. The molecule has 0 aliphatic carbocycles. The minimum atomic E-state index is -0.481. The molecule has 226 valence electrons. The second kappa shape index (κ2) is 11.0. The van der Waals surface area contributed by atoms with Crippen molar-refractivity contribution in [2.75, 3.05) is 14.2 Å². The molecule has 3 aromatic carbocycles. The topological polar surface area (TPSA) is 104 Å². The molecule has 4 heterocycles. The maximum Gasteiger partial charge on any atom is 0.356 e. The van der Waals surface area contributed by atoms with Crippen molar-refractivity contribution >= 4 is 55.6 Å². The molecule has 8 nitrogen and oxygen atoms in total. The van der Waals surface area contributed by atoms with Gasteiger partial charge in [0.2, 0.25) is 0 Å². The number of carbonyl (C=O) groups excluding carboxylic acids is 2. The molecule has 0 aliphatic heterocycles. The Kier molecular flexibility index (Phi) is 6.93. The average Bonchev–Trinajstić information content (AvgIpc) is 3.07. The minimum Gasteiger partial charge on any atom is -0.464 e. The van der Waals surface area contributed by atoms with Crippen LogP contribution in [0.2, 0.25) is 0 Å². The van der Waals surface area contributed by atoms with Crippen LogP contribution in [-0.4, -0.2) is 46.1 Å². The van der Waals surface area contributed by atoms with E-state index in [-0.39, 0.29) is 11.4 Å². The summed E-state index contributed by atoms with van der Waals surface area (Å²) in [6.45, 7) is 8.04. The van der Waals surface area contributed by atoms with Crippen molar-refractivity contribution in [2.24, 2.45) is 0 Å². The Bertz CT molecular complexity index is 2260. The van der Waals surface area contributed by atoms with Gasteiger partial charge in [0, 0.05) is 32.7 Å². The van der Waals surface area contributed by atoms with Crippen LogP contribution in [0.15, 0.2) is 72.8 Å². The zero-order valence-electron chi connectivity index (χ0n) is 26.4. The predicted octanol–water partition coefficient (Wildman–Crippen LogP) is 8.02. The van der Waals surface area contributed by atoms with Gasteiger partial charge in [-0.3, -0.25) is 0 Å². The van der Waals surface area contributed by atoms with Gasteiger partial charge in [-0.15, -0.1) is 0 Å². The van der Waals surface area contributed by atoms with Gasteiger partial charge >= 0.3 is 11.9 Å². The molecule has 0 unspecified atom stereocenters. The monoisotopic (exact) mass is 606 g/mol. The molecule has 46 heavy (non-hydrogen) atoms. The maximum atomic E-state index is 12.3. The fourth-order valence-electron chi connectivity index (χ4n) is 6.17. The number of hydrogen-bond acceptors (Lipinski definition) is 8. The molecule has 0 amide bonds. The van der Waals surface area contributed by atoms with E-state index in [9.17, 15) is 9.59 Å². The van der Waals surface area contributed by atoms with Crippen LogP contribution < -0.4 is 0 Å². The molecule has 0 saturated carbocycles. The van der Waals surface area contributed by atoms with E-state index in [1.54, 1.807) is 12.1 Å². The second-order valence-electron chi connectivity index (χ2n) is 11.6. The third-order valence-electron chi connectivity index (χ3n) is 8.60. The normalized spacial score (nSPS) is 11.4. The largest absolute Gasteiger partial charge is 0.464 e. The lowest BCUT2D eigenvalue weighted by molar-refractivity contribution is 0.0585. The third kappa shape index (κ3) is 4.70. The van der Waals surface area contributed by atoms with Gasteiger partial charge < -0.3 is 9.47 Å². The fourth-order valence-corrected chi connectivity index (χ4v) is 6.17. The van der Waals surface area contributed by atoms with Crippen molar-refractivity contribution in [3.8, 4) is 22.5 Å². The summed E-state index contributed by atoms with van der Waals surface area (Å²) in [6, 6.07) is 23.9. The molecule has 0 N–H and O–H groups in total. The quantitative estimate of drug-likeness (QED) is 0.147. The predicted molar refractivity (Wildman–Crippen MR) is 180 cm³/mol. The highest BCUT2D eigenvalue weighted by atomic mass is 16.5. The molecule has 4 aromatic heterocycles. The number of aryl methyl sites for hydroxylation is 4. The van der Waals surface area contributed by atoms with Gasteiger partial charge in [0.1, 0.15) is 11.4 Å². The van der Waals surface area contributed by atoms with E-state index in [1.165, 1.54) is 14.2 Å². The number of carbonyl (C=O) groups is 2. The highest BCUT2D eigenvalue weighted by Gasteiger charge is 2.17. The second-order valence-corrected chi connectivity index (χ2v) is 11.6. The first-order valence-corrected chi connectivity index (χ1v) is 14.9. The van der Waals surface area contributed by atoms with Crippen LogP contribution in [0.1, 0.15) is 43.2 Å². The van der Waals surface area contributed by atoms with Crippen molar-refractivity contribution in [1.82, 2.24) is 19.9 Å². The van der Waals surface area contributed by atoms with Crippen LogP contribution in [0, 0.1) is 27.7 Å². The third-order valence-corrected chi connectivity index (χ3v) is 8.60. The molecule has 0 bridgehead atoms. The zero-order valence-corrected chi connectivity index (χ0v) is 26.4. The van der Waals surface area contributed by atoms with Gasteiger partial charge in [-0.2, -0.15) is 0 Å². The number of nitrogens with zero attached hydrogens (tertiary/aromatic N) is 4. The summed E-state index contributed by atoms with van der Waals surface area (Å²) < 4.78 is 9.88. The Balaban J connectivity index is 1.36. The lowest BCUT2D eigenvalue weighted by Crippen LogP contribution is -2.05. The van der Waals surface area contributed by atoms with E-state index in [1.807, 2.05) is 62.4 Å². The number of hydrogen-bond donors (Lipinski definition) is 0. The molecule has 7 aromatic rings. The Hall–Kier alpha value is -5.76. The van der Waals surface area contributed by atoms with E-state index in [0.717, 1.165) is 77.3 Å². The van der Waals surface area contributed by atoms with Crippen molar-refractivity contribution in [2.45, 2.75) is 27.7 Å². The summed E-state index contributed by atoms with van der Waals surface area (Å²) in [5.41, 5.74) is 10.8. The van der Waals surface area contributed by atoms with E-state index >= 15 is 0 Å². The van der Waals surface area contributed by atoms with E-state index in [0.29, 0.717) is 11.0 Å². The Morgan fingerprint density at radius 3 is 1.26 bits per heavy atom. The number of benzene rings is 3.